The van der Waals surface area contributed by atoms with Gasteiger partial charge in [0.25, 0.3) is 0 Å². The molecule has 0 spiro atoms. The molecular weight excluding hydrogens is 242 g/mol. The highest BCUT2D eigenvalue weighted by Gasteiger charge is 2.32. The molecule has 0 aromatic heterocycles. The standard InChI is InChI=1S/C10H7Cl2FO2/c11-6-3-4-7(13)8(12)9(6)15-10(14)5-1-2-5/h3-5H,1-2H2. The summed E-state index contributed by atoms with van der Waals surface area (Å²) in [4.78, 5) is 11.3. The van der Waals surface area contributed by atoms with Crippen LogP contribution in [0.5, 0.6) is 5.75 Å². The number of halogens is 3. The molecule has 0 heterocycles. The van der Waals surface area contributed by atoms with Gasteiger partial charge in [0.1, 0.15) is 10.8 Å². The highest BCUT2D eigenvalue weighted by Crippen LogP contribution is 2.37. The van der Waals surface area contributed by atoms with Crippen molar-refractivity contribution in [1.29, 1.82) is 0 Å². The molecule has 1 aromatic carbocycles. The number of benzene rings is 1. The molecule has 0 unspecified atom stereocenters. The van der Waals surface area contributed by atoms with Gasteiger partial charge in [0.15, 0.2) is 5.75 Å². The topological polar surface area (TPSA) is 26.3 Å². The second-order valence-corrected chi connectivity index (χ2v) is 4.15. The van der Waals surface area contributed by atoms with Gasteiger partial charge in [-0.2, -0.15) is 0 Å². The molecule has 1 aliphatic rings. The van der Waals surface area contributed by atoms with Crippen LogP contribution in [-0.4, -0.2) is 5.97 Å². The second kappa shape index (κ2) is 3.99. The van der Waals surface area contributed by atoms with Gasteiger partial charge in [-0.3, -0.25) is 4.79 Å². The Kier molecular flexibility index (Phi) is 2.85. The summed E-state index contributed by atoms with van der Waals surface area (Å²) >= 11 is 11.4. The molecule has 1 fully saturated rings. The minimum absolute atomic E-state index is 0.0830. The van der Waals surface area contributed by atoms with E-state index in [0.717, 1.165) is 18.9 Å². The number of ether oxygens (including phenoxy) is 1. The first-order valence-corrected chi connectivity index (χ1v) is 5.20. The van der Waals surface area contributed by atoms with Gasteiger partial charge in [0.05, 0.1) is 10.9 Å². The first-order valence-electron chi connectivity index (χ1n) is 4.45. The normalized spacial score (nSPS) is 15.1. The Balaban J connectivity index is 2.26. The van der Waals surface area contributed by atoms with Gasteiger partial charge in [0.2, 0.25) is 0 Å². The van der Waals surface area contributed by atoms with Crippen LogP contribution in [0, 0.1) is 11.7 Å². The molecule has 0 aliphatic heterocycles. The Morgan fingerprint density at radius 2 is 2.07 bits per heavy atom. The smallest absolute Gasteiger partial charge is 0.314 e. The highest BCUT2D eigenvalue weighted by molar-refractivity contribution is 6.37. The zero-order valence-electron chi connectivity index (χ0n) is 7.60. The van der Waals surface area contributed by atoms with E-state index in [1.807, 2.05) is 0 Å². The lowest BCUT2D eigenvalue weighted by molar-refractivity contribution is -0.135. The maximum atomic E-state index is 13.0. The molecule has 0 bridgehead atoms. The van der Waals surface area contributed by atoms with Gasteiger partial charge >= 0.3 is 5.97 Å². The van der Waals surface area contributed by atoms with Crippen molar-refractivity contribution >= 4 is 29.2 Å². The van der Waals surface area contributed by atoms with Crippen molar-refractivity contribution in [2.24, 2.45) is 5.92 Å². The highest BCUT2D eigenvalue weighted by atomic mass is 35.5. The Morgan fingerprint density at radius 3 is 2.67 bits per heavy atom. The van der Waals surface area contributed by atoms with Crippen LogP contribution in [0.2, 0.25) is 10.0 Å². The lowest BCUT2D eigenvalue weighted by Gasteiger charge is -2.07. The van der Waals surface area contributed by atoms with Crippen LogP contribution in [0.25, 0.3) is 0 Å². The average molecular weight is 249 g/mol. The van der Waals surface area contributed by atoms with Crippen LogP contribution in [0.1, 0.15) is 12.8 Å². The van der Waals surface area contributed by atoms with Crippen LogP contribution in [0.15, 0.2) is 12.1 Å². The number of carbonyl (C=O) groups is 1. The molecule has 15 heavy (non-hydrogen) atoms. The first-order chi connectivity index (χ1) is 7.09. The van der Waals surface area contributed by atoms with Crippen LogP contribution in [-0.2, 0) is 4.79 Å². The zero-order valence-corrected chi connectivity index (χ0v) is 9.11. The van der Waals surface area contributed by atoms with Crippen molar-refractivity contribution in [3.05, 3.63) is 28.0 Å². The van der Waals surface area contributed by atoms with Crippen molar-refractivity contribution in [3.8, 4) is 5.75 Å². The summed E-state index contributed by atoms with van der Waals surface area (Å²) in [5.74, 6) is -1.22. The van der Waals surface area contributed by atoms with Gasteiger partial charge in [0, 0.05) is 0 Å². The monoisotopic (exact) mass is 248 g/mol. The molecule has 1 saturated carbocycles. The maximum Gasteiger partial charge on any atom is 0.314 e. The van der Waals surface area contributed by atoms with Gasteiger partial charge in [-0.1, -0.05) is 23.2 Å². The number of rotatable bonds is 2. The Bertz CT molecular complexity index is 416. The summed E-state index contributed by atoms with van der Waals surface area (Å²) in [6.07, 6.45) is 1.62. The van der Waals surface area contributed by atoms with E-state index in [2.05, 4.69) is 0 Å². The van der Waals surface area contributed by atoms with E-state index in [-0.39, 0.29) is 21.7 Å². The minimum atomic E-state index is -0.653. The van der Waals surface area contributed by atoms with E-state index >= 15 is 0 Å². The van der Waals surface area contributed by atoms with E-state index < -0.39 is 11.8 Å². The van der Waals surface area contributed by atoms with Crippen LogP contribution >= 0.6 is 23.2 Å². The second-order valence-electron chi connectivity index (χ2n) is 3.37. The first kappa shape index (κ1) is 10.7. The quantitative estimate of drug-likeness (QED) is 0.456. The summed E-state index contributed by atoms with van der Waals surface area (Å²) in [7, 11) is 0. The number of hydrogen-bond donors (Lipinski definition) is 0. The van der Waals surface area contributed by atoms with Gasteiger partial charge in [-0.15, -0.1) is 0 Å². The molecule has 0 radical (unpaired) electrons. The SMILES string of the molecule is O=C(Oc1c(Cl)ccc(F)c1Cl)C1CC1. The van der Waals surface area contributed by atoms with Crippen LogP contribution in [0.4, 0.5) is 4.39 Å². The molecule has 5 heteroatoms. The lowest BCUT2D eigenvalue weighted by Crippen LogP contribution is -2.10. The molecule has 0 atom stereocenters. The Labute approximate surface area is 95.9 Å². The zero-order chi connectivity index (χ0) is 11.0. The van der Waals surface area contributed by atoms with Crippen molar-refractivity contribution < 1.29 is 13.9 Å². The van der Waals surface area contributed by atoms with Gasteiger partial charge < -0.3 is 4.74 Å². The van der Waals surface area contributed by atoms with Gasteiger partial charge in [-0.25, -0.2) is 4.39 Å². The summed E-state index contributed by atoms with van der Waals surface area (Å²) in [6, 6.07) is 2.43. The Morgan fingerprint density at radius 1 is 1.40 bits per heavy atom. The van der Waals surface area contributed by atoms with Crippen molar-refractivity contribution in [2.45, 2.75) is 12.8 Å². The third-order valence-electron chi connectivity index (χ3n) is 2.12. The minimum Gasteiger partial charge on any atom is -0.423 e. The van der Waals surface area contributed by atoms with Crippen molar-refractivity contribution in [2.75, 3.05) is 0 Å². The summed E-state index contributed by atoms with van der Waals surface area (Å²) in [5.41, 5.74) is 0. The Hall–Kier alpha value is -0.800. The fraction of sp³-hybridized carbons (Fsp3) is 0.300. The molecule has 0 N–H and O–H groups in total. The van der Waals surface area contributed by atoms with Crippen LogP contribution in [0.3, 0.4) is 0 Å². The van der Waals surface area contributed by atoms with Crippen molar-refractivity contribution in [1.82, 2.24) is 0 Å². The molecule has 2 nitrogen and oxygen atoms in total. The third-order valence-corrected chi connectivity index (χ3v) is 2.77. The van der Waals surface area contributed by atoms with E-state index in [1.165, 1.54) is 6.07 Å². The number of esters is 1. The van der Waals surface area contributed by atoms with Crippen LogP contribution < -0.4 is 4.74 Å². The molecule has 1 aromatic rings. The fourth-order valence-corrected chi connectivity index (χ4v) is 1.55. The largest absolute Gasteiger partial charge is 0.423 e. The summed E-state index contributed by atoms with van der Waals surface area (Å²) in [6.45, 7) is 0. The molecule has 0 amide bonds. The summed E-state index contributed by atoms with van der Waals surface area (Å²) in [5, 5.41) is -0.119. The number of hydrogen-bond acceptors (Lipinski definition) is 2. The van der Waals surface area contributed by atoms with E-state index in [4.69, 9.17) is 27.9 Å². The lowest BCUT2D eigenvalue weighted by atomic mass is 10.3. The third kappa shape index (κ3) is 2.24. The van der Waals surface area contributed by atoms with Gasteiger partial charge in [-0.05, 0) is 25.0 Å². The maximum absolute atomic E-state index is 13.0. The van der Waals surface area contributed by atoms with E-state index in [0.29, 0.717) is 0 Å². The molecule has 0 saturated heterocycles. The van der Waals surface area contributed by atoms with E-state index in [1.54, 1.807) is 0 Å². The average Bonchev–Trinajstić information content (AvgIpc) is 3.02. The number of carbonyl (C=O) groups excluding carboxylic acids is 1. The van der Waals surface area contributed by atoms with Crippen molar-refractivity contribution in [3.63, 3.8) is 0 Å². The summed E-state index contributed by atoms with van der Waals surface area (Å²) < 4.78 is 18.0. The molecule has 80 valence electrons. The fourth-order valence-electron chi connectivity index (χ4n) is 1.10. The predicted molar refractivity (Wildman–Crippen MR) is 54.8 cm³/mol. The molecular formula is C10H7Cl2FO2. The predicted octanol–water partition coefficient (Wildman–Crippen LogP) is 3.45. The van der Waals surface area contributed by atoms with E-state index in [9.17, 15) is 9.18 Å². The molecule has 1 aliphatic carbocycles. The molecule has 2 rings (SSSR count).